The smallest absolute Gasteiger partial charge is 0.326 e. The van der Waals surface area contributed by atoms with Gasteiger partial charge in [-0.15, -0.1) is 0 Å². The summed E-state index contributed by atoms with van der Waals surface area (Å²) in [7, 11) is 0. The number of hydrogen-bond donors (Lipinski definition) is 3. The number of benzene rings is 1. The molecule has 1 aromatic carbocycles. The van der Waals surface area contributed by atoms with Crippen molar-refractivity contribution in [2.24, 2.45) is 5.92 Å². The van der Waals surface area contributed by atoms with Gasteiger partial charge in [0.2, 0.25) is 5.91 Å². The monoisotopic (exact) mass is 320 g/mol. The van der Waals surface area contributed by atoms with Crippen molar-refractivity contribution in [3.05, 3.63) is 34.9 Å². The van der Waals surface area contributed by atoms with Crippen LogP contribution in [0, 0.1) is 19.8 Å². The molecule has 0 saturated heterocycles. The zero-order valence-electron chi connectivity index (χ0n) is 14.0. The molecule has 0 fully saturated rings. The average molecular weight is 320 g/mol. The quantitative estimate of drug-likeness (QED) is 0.712. The Morgan fingerprint density at radius 2 is 1.70 bits per heavy atom. The molecule has 6 heteroatoms. The van der Waals surface area contributed by atoms with Gasteiger partial charge in [-0.25, -0.2) is 4.79 Å². The standard InChI is InChI=1S/C17H24N2O4/c1-10(2)8-13(17(22)23)19-14(20)9-18-16(21)15-11(3)6-5-7-12(15)4/h5-7,10,13H,8-9H2,1-4H3,(H,18,21)(H,19,20)(H,22,23)/t13-/m0/s1. The molecule has 1 aromatic rings. The van der Waals surface area contributed by atoms with Crippen molar-refractivity contribution >= 4 is 17.8 Å². The Morgan fingerprint density at radius 1 is 1.13 bits per heavy atom. The molecule has 0 unspecified atom stereocenters. The minimum Gasteiger partial charge on any atom is -0.480 e. The third-order valence-corrected chi connectivity index (χ3v) is 3.46. The minimum atomic E-state index is -1.08. The van der Waals surface area contributed by atoms with Gasteiger partial charge in [-0.3, -0.25) is 9.59 Å². The number of amides is 2. The average Bonchev–Trinajstić information content (AvgIpc) is 2.43. The number of carboxylic acids is 1. The highest BCUT2D eigenvalue weighted by molar-refractivity contribution is 5.99. The van der Waals surface area contributed by atoms with Crippen LogP contribution in [0.3, 0.4) is 0 Å². The molecule has 1 rings (SSSR count). The molecule has 3 N–H and O–H groups in total. The Bertz CT molecular complexity index is 576. The van der Waals surface area contributed by atoms with E-state index in [0.29, 0.717) is 12.0 Å². The number of rotatable bonds is 7. The molecule has 126 valence electrons. The van der Waals surface area contributed by atoms with Gasteiger partial charge in [0.1, 0.15) is 6.04 Å². The maximum Gasteiger partial charge on any atom is 0.326 e. The summed E-state index contributed by atoms with van der Waals surface area (Å²) in [4.78, 5) is 35.2. The molecular weight excluding hydrogens is 296 g/mol. The Balaban J connectivity index is 2.62. The molecule has 0 heterocycles. The van der Waals surface area contributed by atoms with Crippen LogP contribution in [0.5, 0.6) is 0 Å². The highest BCUT2D eigenvalue weighted by atomic mass is 16.4. The summed E-state index contributed by atoms with van der Waals surface area (Å²) in [6, 6.07) is 4.56. The summed E-state index contributed by atoms with van der Waals surface area (Å²) in [5, 5.41) is 14.1. The van der Waals surface area contributed by atoms with E-state index in [2.05, 4.69) is 10.6 Å². The van der Waals surface area contributed by atoms with Gasteiger partial charge in [0.05, 0.1) is 6.54 Å². The lowest BCUT2D eigenvalue weighted by molar-refractivity contribution is -0.142. The molecular formula is C17H24N2O4. The Kier molecular flexibility index (Phi) is 6.75. The lowest BCUT2D eigenvalue weighted by Gasteiger charge is -2.17. The highest BCUT2D eigenvalue weighted by Gasteiger charge is 2.21. The van der Waals surface area contributed by atoms with Crippen LogP contribution in [0.25, 0.3) is 0 Å². The van der Waals surface area contributed by atoms with E-state index in [1.807, 2.05) is 45.9 Å². The van der Waals surface area contributed by atoms with Gasteiger partial charge in [0.25, 0.3) is 5.91 Å². The summed E-state index contributed by atoms with van der Waals surface area (Å²) in [6.07, 6.45) is 0.339. The van der Waals surface area contributed by atoms with Crippen molar-refractivity contribution in [1.82, 2.24) is 10.6 Å². The van der Waals surface area contributed by atoms with E-state index >= 15 is 0 Å². The molecule has 0 aliphatic heterocycles. The lowest BCUT2D eigenvalue weighted by Crippen LogP contribution is -2.46. The van der Waals surface area contributed by atoms with Crippen molar-refractivity contribution in [2.75, 3.05) is 6.54 Å². The van der Waals surface area contributed by atoms with Crippen molar-refractivity contribution in [3.8, 4) is 0 Å². The van der Waals surface area contributed by atoms with Crippen LogP contribution in [-0.2, 0) is 9.59 Å². The molecule has 0 spiro atoms. The topological polar surface area (TPSA) is 95.5 Å². The SMILES string of the molecule is Cc1cccc(C)c1C(=O)NCC(=O)N[C@@H](CC(C)C)C(=O)O. The van der Waals surface area contributed by atoms with Crippen LogP contribution < -0.4 is 10.6 Å². The van der Waals surface area contributed by atoms with Crippen molar-refractivity contribution < 1.29 is 19.5 Å². The number of carbonyl (C=O) groups excluding carboxylic acids is 2. The predicted octanol–water partition coefficient (Wildman–Crippen LogP) is 1.65. The maximum absolute atomic E-state index is 12.2. The van der Waals surface area contributed by atoms with Gasteiger partial charge in [-0.05, 0) is 37.3 Å². The van der Waals surface area contributed by atoms with Gasteiger partial charge >= 0.3 is 5.97 Å². The van der Waals surface area contributed by atoms with Crippen molar-refractivity contribution in [2.45, 2.75) is 40.2 Å². The summed E-state index contributed by atoms with van der Waals surface area (Å²) < 4.78 is 0. The highest BCUT2D eigenvalue weighted by Crippen LogP contribution is 2.12. The number of aliphatic carboxylic acids is 1. The number of nitrogens with one attached hydrogen (secondary N) is 2. The van der Waals surface area contributed by atoms with E-state index in [1.165, 1.54) is 0 Å². The fraction of sp³-hybridized carbons (Fsp3) is 0.471. The molecule has 2 amide bonds. The number of carboxylic acid groups (broad SMARTS) is 1. The summed E-state index contributed by atoms with van der Waals surface area (Å²) in [5.41, 5.74) is 2.19. The minimum absolute atomic E-state index is 0.139. The van der Waals surface area contributed by atoms with Crippen LogP contribution >= 0.6 is 0 Å². The van der Waals surface area contributed by atoms with E-state index in [0.717, 1.165) is 11.1 Å². The predicted molar refractivity (Wildman–Crippen MR) is 87.3 cm³/mol. The first-order valence-corrected chi connectivity index (χ1v) is 7.59. The third kappa shape index (κ3) is 5.73. The van der Waals surface area contributed by atoms with Gasteiger partial charge in [0.15, 0.2) is 0 Å². The van der Waals surface area contributed by atoms with Gasteiger partial charge in [-0.1, -0.05) is 32.0 Å². The first kappa shape index (κ1) is 18.7. The second kappa shape index (κ2) is 8.31. The number of hydrogen-bond acceptors (Lipinski definition) is 3. The van der Waals surface area contributed by atoms with Crippen molar-refractivity contribution in [1.29, 1.82) is 0 Å². The van der Waals surface area contributed by atoms with Crippen LogP contribution in [0.1, 0.15) is 41.8 Å². The van der Waals surface area contributed by atoms with E-state index in [9.17, 15) is 14.4 Å². The maximum atomic E-state index is 12.2. The fourth-order valence-corrected chi connectivity index (χ4v) is 2.36. The number of aryl methyl sites for hydroxylation is 2. The van der Waals surface area contributed by atoms with Gasteiger partial charge in [-0.2, -0.15) is 0 Å². The molecule has 0 saturated carbocycles. The number of carbonyl (C=O) groups is 3. The lowest BCUT2D eigenvalue weighted by atomic mass is 10.0. The van der Waals surface area contributed by atoms with E-state index < -0.39 is 17.9 Å². The Hall–Kier alpha value is -2.37. The summed E-state index contributed by atoms with van der Waals surface area (Å²) in [6.45, 7) is 7.15. The van der Waals surface area contributed by atoms with E-state index in [1.54, 1.807) is 0 Å². The first-order chi connectivity index (χ1) is 10.7. The zero-order chi connectivity index (χ0) is 17.6. The van der Waals surface area contributed by atoms with Gasteiger partial charge < -0.3 is 15.7 Å². The van der Waals surface area contributed by atoms with Crippen LogP contribution in [-0.4, -0.2) is 35.5 Å². The molecule has 1 atom stereocenters. The van der Waals surface area contributed by atoms with Gasteiger partial charge in [0, 0.05) is 5.56 Å². The van der Waals surface area contributed by atoms with Crippen LogP contribution in [0.4, 0.5) is 0 Å². The normalized spacial score (nSPS) is 11.9. The largest absolute Gasteiger partial charge is 0.480 e. The van der Waals surface area contributed by atoms with Crippen LogP contribution in [0.15, 0.2) is 18.2 Å². The molecule has 0 radical (unpaired) electrons. The molecule has 0 aromatic heterocycles. The second-order valence-electron chi connectivity index (χ2n) is 6.04. The van der Waals surface area contributed by atoms with Crippen molar-refractivity contribution in [3.63, 3.8) is 0 Å². The molecule has 0 aliphatic carbocycles. The second-order valence-corrected chi connectivity index (χ2v) is 6.04. The summed E-state index contributed by atoms with van der Waals surface area (Å²) >= 11 is 0. The first-order valence-electron chi connectivity index (χ1n) is 7.59. The van der Waals surface area contributed by atoms with Crippen LogP contribution in [0.2, 0.25) is 0 Å². The van der Waals surface area contributed by atoms with E-state index in [4.69, 9.17) is 5.11 Å². The summed E-state index contributed by atoms with van der Waals surface area (Å²) in [5.74, 6) is -1.79. The molecule has 0 bridgehead atoms. The Labute approximate surface area is 136 Å². The van der Waals surface area contributed by atoms with E-state index in [-0.39, 0.29) is 18.4 Å². The molecule has 0 aliphatic rings. The molecule has 6 nitrogen and oxygen atoms in total. The zero-order valence-corrected chi connectivity index (χ0v) is 14.0. The molecule has 23 heavy (non-hydrogen) atoms. The fourth-order valence-electron chi connectivity index (χ4n) is 2.36. The third-order valence-electron chi connectivity index (χ3n) is 3.46. The Morgan fingerprint density at radius 3 is 2.17 bits per heavy atom.